The predicted molar refractivity (Wildman–Crippen MR) is 284 cm³/mol. The first-order chi connectivity index (χ1) is 33.2. The van der Waals surface area contributed by atoms with Crippen LogP contribution in [0.15, 0.2) is 247 Å². The Balaban J connectivity index is 1.05. The van der Waals surface area contributed by atoms with E-state index in [4.69, 9.17) is 4.42 Å². The molecule has 0 unspecified atom stereocenters. The maximum atomic E-state index is 6.79. The van der Waals surface area contributed by atoms with E-state index in [0.29, 0.717) is 0 Å². The Morgan fingerprint density at radius 1 is 0.328 bits per heavy atom. The van der Waals surface area contributed by atoms with E-state index in [-0.39, 0.29) is 0 Å². The Hall–Kier alpha value is -8.92. The Morgan fingerprint density at radius 2 is 0.896 bits per heavy atom. The molecule has 0 N–H and O–H groups in total. The zero-order chi connectivity index (χ0) is 44.0. The van der Waals surface area contributed by atoms with Crippen LogP contribution in [-0.2, 0) is 0 Å². The number of furan rings is 1. The molecule has 14 rings (SSSR count). The van der Waals surface area contributed by atoms with Crippen molar-refractivity contribution in [3.8, 4) is 27.9 Å². The van der Waals surface area contributed by atoms with Crippen molar-refractivity contribution >= 4 is 104 Å². The Bertz CT molecular complexity index is 4260. The maximum absolute atomic E-state index is 6.79. The van der Waals surface area contributed by atoms with Crippen LogP contribution in [0.1, 0.15) is 0 Å². The topological polar surface area (TPSA) is 21.3 Å². The van der Waals surface area contributed by atoms with Gasteiger partial charge in [0.25, 0.3) is 0 Å². The fraction of sp³-hybridized carbons (Fsp3) is 0. The van der Waals surface area contributed by atoms with Crippen LogP contribution < -0.4 is 4.90 Å². The van der Waals surface area contributed by atoms with Gasteiger partial charge in [-0.25, -0.2) is 0 Å². The summed E-state index contributed by atoms with van der Waals surface area (Å²) < 4.78 is 9.24. The lowest BCUT2D eigenvalue weighted by Gasteiger charge is -2.27. The van der Waals surface area contributed by atoms with Gasteiger partial charge in [-0.05, 0) is 115 Å². The van der Waals surface area contributed by atoms with Crippen LogP contribution in [-0.4, -0.2) is 4.57 Å². The molecule has 0 aliphatic heterocycles. The third-order valence-electron chi connectivity index (χ3n) is 13.9. The monoisotopic (exact) mass is 852 g/mol. The van der Waals surface area contributed by atoms with Gasteiger partial charge >= 0.3 is 0 Å². The van der Waals surface area contributed by atoms with Crippen LogP contribution >= 0.6 is 0 Å². The lowest BCUT2D eigenvalue weighted by atomic mass is 9.92. The highest BCUT2D eigenvalue weighted by atomic mass is 16.3. The molecule has 0 atom stereocenters. The van der Waals surface area contributed by atoms with Gasteiger partial charge in [-0.15, -0.1) is 0 Å². The first-order valence-electron chi connectivity index (χ1n) is 23.0. The second-order valence-corrected chi connectivity index (χ2v) is 17.6. The number of para-hydroxylation sites is 2. The Kier molecular flexibility index (Phi) is 8.28. The van der Waals surface area contributed by atoms with Gasteiger partial charge in [0.15, 0.2) is 0 Å². The van der Waals surface area contributed by atoms with Crippen molar-refractivity contribution < 1.29 is 4.42 Å². The quantitative estimate of drug-likeness (QED) is 0.155. The second-order valence-electron chi connectivity index (χ2n) is 17.6. The molecule has 2 aromatic heterocycles. The smallest absolute Gasteiger partial charge is 0.138 e. The van der Waals surface area contributed by atoms with Gasteiger partial charge in [0, 0.05) is 55.6 Å². The molecule has 14 aromatic rings. The number of fused-ring (bicyclic) bond motifs is 12. The highest BCUT2D eigenvalue weighted by Gasteiger charge is 2.24. The molecule has 3 nitrogen and oxygen atoms in total. The third kappa shape index (κ3) is 5.78. The van der Waals surface area contributed by atoms with E-state index in [1.165, 1.54) is 70.6 Å². The maximum Gasteiger partial charge on any atom is 0.138 e. The first kappa shape index (κ1) is 37.5. The van der Waals surface area contributed by atoms with Crippen molar-refractivity contribution in [3.05, 3.63) is 243 Å². The molecule has 3 heteroatoms. The first-order valence-corrected chi connectivity index (χ1v) is 23.0. The summed E-state index contributed by atoms with van der Waals surface area (Å²) in [7, 11) is 0. The fourth-order valence-electron chi connectivity index (χ4n) is 11.0. The largest absolute Gasteiger partial charge is 0.456 e. The van der Waals surface area contributed by atoms with Crippen LogP contribution in [0, 0.1) is 0 Å². The summed E-state index contributed by atoms with van der Waals surface area (Å²) in [4.78, 5) is 2.40. The number of aromatic nitrogens is 1. The van der Waals surface area contributed by atoms with Crippen LogP contribution in [0.4, 0.5) is 17.1 Å². The fourth-order valence-corrected chi connectivity index (χ4v) is 11.0. The van der Waals surface area contributed by atoms with Crippen LogP contribution in [0.5, 0.6) is 0 Å². The molecular formula is C64H40N2O. The van der Waals surface area contributed by atoms with Gasteiger partial charge in [-0.2, -0.15) is 0 Å². The number of rotatable bonds is 6. The van der Waals surface area contributed by atoms with E-state index < -0.39 is 0 Å². The van der Waals surface area contributed by atoms with E-state index in [1.54, 1.807) is 0 Å². The molecule has 0 spiro atoms. The normalized spacial score (nSPS) is 11.9. The summed E-state index contributed by atoms with van der Waals surface area (Å²) in [5.74, 6) is 0. The molecule has 12 aromatic carbocycles. The average Bonchev–Trinajstić information content (AvgIpc) is 3.93. The van der Waals surface area contributed by atoms with Gasteiger partial charge < -0.3 is 13.9 Å². The minimum atomic E-state index is 0.868. The minimum absolute atomic E-state index is 0.868. The predicted octanol–water partition coefficient (Wildman–Crippen LogP) is 18.1. The Morgan fingerprint density at radius 3 is 1.63 bits per heavy atom. The molecule has 0 saturated heterocycles. The average molecular weight is 853 g/mol. The van der Waals surface area contributed by atoms with Gasteiger partial charge in [0.2, 0.25) is 0 Å². The van der Waals surface area contributed by atoms with E-state index in [2.05, 4.69) is 252 Å². The van der Waals surface area contributed by atoms with Gasteiger partial charge in [0.05, 0.1) is 16.7 Å². The number of benzene rings is 12. The van der Waals surface area contributed by atoms with Crippen molar-refractivity contribution in [3.63, 3.8) is 0 Å². The van der Waals surface area contributed by atoms with Gasteiger partial charge in [-0.1, -0.05) is 176 Å². The minimum Gasteiger partial charge on any atom is -0.456 e. The molecule has 0 aliphatic rings. The van der Waals surface area contributed by atoms with Gasteiger partial charge in [-0.3, -0.25) is 0 Å². The van der Waals surface area contributed by atoms with Crippen molar-refractivity contribution in [2.75, 3.05) is 4.90 Å². The van der Waals surface area contributed by atoms with Gasteiger partial charge in [0.1, 0.15) is 11.2 Å². The van der Waals surface area contributed by atoms with E-state index in [1.807, 2.05) is 0 Å². The number of hydrogen-bond acceptors (Lipinski definition) is 2. The molecule has 0 fully saturated rings. The van der Waals surface area contributed by atoms with E-state index in [9.17, 15) is 0 Å². The lowest BCUT2D eigenvalue weighted by molar-refractivity contribution is 0.669. The second kappa shape index (κ2) is 14.8. The number of hydrogen-bond donors (Lipinski definition) is 0. The molecule has 2 heterocycles. The molecule has 0 aliphatic carbocycles. The van der Waals surface area contributed by atoms with E-state index >= 15 is 0 Å². The van der Waals surface area contributed by atoms with Crippen LogP contribution in [0.2, 0.25) is 0 Å². The van der Waals surface area contributed by atoms with E-state index in [0.717, 1.165) is 61.3 Å². The van der Waals surface area contributed by atoms with Crippen LogP contribution in [0.25, 0.3) is 115 Å². The highest BCUT2D eigenvalue weighted by Crippen LogP contribution is 2.48. The summed E-state index contributed by atoms with van der Waals surface area (Å²) in [6.45, 7) is 0. The van der Waals surface area contributed by atoms with Crippen molar-refractivity contribution in [1.82, 2.24) is 4.57 Å². The molecule has 67 heavy (non-hydrogen) atoms. The number of anilines is 3. The molecule has 0 saturated carbocycles. The van der Waals surface area contributed by atoms with Crippen molar-refractivity contribution in [1.29, 1.82) is 0 Å². The summed E-state index contributed by atoms with van der Waals surface area (Å²) in [5.41, 5.74) is 13.1. The summed E-state index contributed by atoms with van der Waals surface area (Å²) in [5, 5.41) is 14.5. The summed E-state index contributed by atoms with van der Waals surface area (Å²) in [6.07, 6.45) is 0. The number of nitrogens with zero attached hydrogens (tertiary/aromatic N) is 2. The molecular weight excluding hydrogens is 813 g/mol. The Labute approximate surface area is 386 Å². The summed E-state index contributed by atoms with van der Waals surface area (Å²) >= 11 is 0. The zero-order valence-electron chi connectivity index (χ0n) is 36.4. The molecule has 0 bridgehead atoms. The van der Waals surface area contributed by atoms with Crippen LogP contribution in [0.3, 0.4) is 0 Å². The van der Waals surface area contributed by atoms with Crippen molar-refractivity contribution in [2.45, 2.75) is 0 Å². The molecule has 312 valence electrons. The lowest BCUT2D eigenvalue weighted by Crippen LogP contribution is -2.10. The third-order valence-corrected chi connectivity index (χ3v) is 13.9. The van der Waals surface area contributed by atoms with Crippen molar-refractivity contribution in [2.24, 2.45) is 0 Å². The molecule has 0 amide bonds. The zero-order valence-corrected chi connectivity index (χ0v) is 36.4. The SMILES string of the molecule is c1ccc(-c2c3c(cc4c2c2ccc(-c5cc6ccccc6c6ccccc56)cc2n4-c2ccc(N(c4ccccc4)c4cc5ccccc5c5ccccc45)cc2)oc2ccccc23)cc1. The molecule has 0 radical (unpaired) electrons. The highest BCUT2D eigenvalue weighted by molar-refractivity contribution is 6.27. The standard InChI is InChI=1S/C64H40N2O/c1-3-17-41(18-4-1)62-63-54-36-31-44(56-37-42-19-7-9-23-48(42)50-25-11-12-27-52(50)56)39-58(54)66(59(63)40-61-64(62)55-29-15-16-30-60(55)67-61)47-34-32-46(33-35-47)65(45-21-5-2-6-22-45)57-38-43-20-8-10-24-49(43)51-26-13-14-28-53(51)57/h1-40H. The summed E-state index contributed by atoms with van der Waals surface area (Å²) in [6, 6.07) is 88.3.